The van der Waals surface area contributed by atoms with E-state index in [9.17, 15) is 19.2 Å². The van der Waals surface area contributed by atoms with Crippen LogP contribution < -0.4 is 0 Å². The fourth-order valence-corrected chi connectivity index (χ4v) is 1.78. The van der Waals surface area contributed by atoms with Gasteiger partial charge in [0.2, 0.25) is 0 Å². The van der Waals surface area contributed by atoms with E-state index >= 15 is 0 Å². The molecule has 9 nitrogen and oxygen atoms in total. The minimum atomic E-state index is -1.51. The van der Waals surface area contributed by atoms with Crippen LogP contribution in [0.1, 0.15) is 19.8 Å². The van der Waals surface area contributed by atoms with E-state index in [0.29, 0.717) is 0 Å². The van der Waals surface area contributed by atoms with Crippen molar-refractivity contribution in [3.63, 3.8) is 0 Å². The van der Waals surface area contributed by atoms with Gasteiger partial charge in [-0.1, -0.05) is 6.92 Å². The van der Waals surface area contributed by atoms with E-state index in [1.54, 1.807) is 0 Å². The predicted octanol–water partition coefficient (Wildman–Crippen LogP) is -0.588. The van der Waals surface area contributed by atoms with Gasteiger partial charge in [-0.3, -0.25) is 24.1 Å². The number of hydrogen-bond acceptors (Lipinski definition) is 5. The lowest BCUT2D eigenvalue weighted by atomic mass is 10.0. The van der Waals surface area contributed by atoms with Crippen molar-refractivity contribution in [1.29, 1.82) is 0 Å². The normalized spacial score (nSPS) is 13.7. The summed E-state index contributed by atoms with van der Waals surface area (Å²) in [6.45, 7) is 0.708. The molecule has 0 aromatic carbocycles. The van der Waals surface area contributed by atoms with Crippen molar-refractivity contribution in [3.05, 3.63) is 0 Å². The van der Waals surface area contributed by atoms with Crippen LogP contribution in [0.15, 0.2) is 0 Å². The first kappa shape index (κ1) is 17.8. The molecule has 0 aliphatic rings. The van der Waals surface area contributed by atoms with Crippen LogP contribution >= 0.6 is 0 Å². The van der Waals surface area contributed by atoms with Crippen molar-refractivity contribution in [2.24, 2.45) is 5.92 Å². The van der Waals surface area contributed by atoms with Crippen molar-refractivity contribution < 1.29 is 39.6 Å². The summed E-state index contributed by atoms with van der Waals surface area (Å²) in [5.74, 6) is -5.76. The van der Waals surface area contributed by atoms with Gasteiger partial charge in [0, 0.05) is 13.0 Å². The highest BCUT2D eigenvalue weighted by Gasteiger charge is 2.30. The second kappa shape index (κ2) is 8.10. The van der Waals surface area contributed by atoms with Crippen molar-refractivity contribution in [2.75, 3.05) is 13.1 Å². The molecule has 0 saturated carbocycles. The third-order valence-electron chi connectivity index (χ3n) is 2.50. The number of nitrogens with zero attached hydrogens (tertiary/aromatic N) is 1. The van der Waals surface area contributed by atoms with Crippen LogP contribution in [0, 0.1) is 5.92 Å². The minimum Gasteiger partial charge on any atom is -0.481 e. The Balaban J connectivity index is 4.98. The van der Waals surface area contributed by atoms with Crippen molar-refractivity contribution in [2.45, 2.75) is 25.8 Å². The average molecular weight is 291 g/mol. The minimum absolute atomic E-state index is 0.136. The smallest absolute Gasteiger partial charge is 0.321 e. The van der Waals surface area contributed by atoms with E-state index in [2.05, 4.69) is 0 Å². The van der Waals surface area contributed by atoms with Gasteiger partial charge in [0.05, 0.1) is 13.0 Å². The number of hydrogen-bond donors (Lipinski definition) is 4. The van der Waals surface area contributed by atoms with Gasteiger partial charge < -0.3 is 20.4 Å². The molecule has 0 rings (SSSR count). The van der Waals surface area contributed by atoms with Gasteiger partial charge in [0.15, 0.2) is 0 Å². The van der Waals surface area contributed by atoms with Gasteiger partial charge in [0.25, 0.3) is 0 Å². The zero-order valence-corrected chi connectivity index (χ0v) is 10.9. The number of carboxylic acids is 4. The van der Waals surface area contributed by atoms with Gasteiger partial charge in [-0.2, -0.15) is 0 Å². The quantitative estimate of drug-likeness (QED) is 0.413. The molecule has 20 heavy (non-hydrogen) atoms. The Labute approximate surface area is 114 Å². The van der Waals surface area contributed by atoms with Gasteiger partial charge in [0.1, 0.15) is 6.04 Å². The predicted molar refractivity (Wildman–Crippen MR) is 64.3 cm³/mol. The van der Waals surface area contributed by atoms with E-state index in [-0.39, 0.29) is 13.0 Å². The van der Waals surface area contributed by atoms with Crippen LogP contribution in [0.25, 0.3) is 0 Å². The highest BCUT2D eigenvalue weighted by Crippen LogP contribution is 2.11. The number of carboxylic acid groups (broad SMARTS) is 4. The first-order chi connectivity index (χ1) is 9.13. The molecule has 114 valence electrons. The number of rotatable bonds is 10. The molecule has 2 unspecified atom stereocenters. The summed E-state index contributed by atoms with van der Waals surface area (Å²) in [5, 5.41) is 35.0. The molecule has 0 aromatic heterocycles. The Morgan fingerprint density at radius 1 is 0.900 bits per heavy atom. The lowest BCUT2D eigenvalue weighted by molar-refractivity contribution is -0.152. The number of carbonyl (C=O) groups is 4. The largest absolute Gasteiger partial charge is 0.481 e. The van der Waals surface area contributed by atoms with E-state index in [0.717, 1.165) is 4.90 Å². The van der Waals surface area contributed by atoms with Crippen LogP contribution in [-0.2, 0) is 19.2 Å². The zero-order chi connectivity index (χ0) is 15.9. The summed E-state index contributed by atoms with van der Waals surface area (Å²) in [4.78, 5) is 43.9. The van der Waals surface area contributed by atoms with Crippen LogP contribution in [0.3, 0.4) is 0 Å². The monoisotopic (exact) mass is 291 g/mol. The third kappa shape index (κ3) is 7.31. The molecule has 4 N–H and O–H groups in total. The Morgan fingerprint density at radius 2 is 1.40 bits per heavy atom. The standard InChI is InChI=1S/C11H17NO8/c1-6(2-8(13)14)4-12(5-10(17)18)7(11(19)20)3-9(15)16/h6-7H,2-5H2,1H3,(H,13,14)(H,15,16)(H,17,18)(H,19,20). The molecule has 0 aliphatic carbocycles. The van der Waals surface area contributed by atoms with Crippen molar-refractivity contribution >= 4 is 23.9 Å². The fraction of sp³-hybridized carbons (Fsp3) is 0.636. The summed E-state index contributed by atoms with van der Waals surface area (Å²) < 4.78 is 0. The second-order valence-corrected chi connectivity index (χ2v) is 4.48. The Bertz CT molecular complexity index is 394. The van der Waals surface area contributed by atoms with Gasteiger partial charge >= 0.3 is 23.9 Å². The summed E-state index contributed by atoms with van der Waals surface area (Å²) >= 11 is 0. The molecule has 0 amide bonds. The Hall–Kier alpha value is -2.16. The van der Waals surface area contributed by atoms with Crippen molar-refractivity contribution in [1.82, 2.24) is 4.90 Å². The first-order valence-corrected chi connectivity index (χ1v) is 5.75. The summed E-state index contributed by atoms with van der Waals surface area (Å²) in [6, 6.07) is -1.51. The summed E-state index contributed by atoms with van der Waals surface area (Å²) in [7, 11) is 0. The van der Waals surface area contributed by atoms with Crippen LogP contribution in [0.5, 0.6) is 0 Å². The fourth-order valence-electron chi connectivity index (χ4n) is 1.78. The molecule has 0 aliphatic heterocycles. The van der Waals surface area contributed by atoms with Gasteiger partial charge in [-0.05, 0) is 5.92 Å². The maximum Gasteiger partial charge on any atom is 0.321 e. The summed E-state index contributed by atoms with van der Waals surface area (Å²) in [6.07, 6.45) is -1.03. The zero-order valence-electron chi connectivity index (χ0n) is 10.9. The molecular weight excluding hydrogens is 274 g/mol. The highest BCUT2D eigenvalue weighted by molar-refractivity contribution is 5.81. The second-order valence-electron chi connectivity index (χ2n) is 4.48. The Kier molecular flexibility index (Phi) is 7.22. The molecule has 0 spiro atoms. The molecular formula is C11H17NO8. The maximum absolute atomic E-state index is 11.0. The first-order valence-electron chi connectivity index (χ1n) is 5.75. The molecule has 0 heterocycles. The molecule has 2 atom stereocenters. The van der Waals surface area contributed by atoms with E-state index in [4.69, 9.17) is 20.4 Å². The van der Waals surface area contributed by atoms with Gasteiger partial charge in [-0.15, -0.1) is 0 Å². The molecule has 9 heteroatoms. The SMILES string of the molecule is CC(CC(=O)O)CN(CC(=O)O)C(CC(=O)O)C(=O)O. The molecule has 0 fully saturated rings. The summed E-state index contributed by atoms with van der Waals surface area (Å²) in [5.41, 5.74) is 0. The molecule has 0 aromatic rings. The van der Waals surface area contributed by atoms with E-state index in [1.807, 2.05) is 0 Å². The highest BCUT2D eigenvalue weighted by atomic mass is 16.4. The molecule has 0 radical (unpaired) electrons. The maximum atomic E-state index is 11.0. The van der Waals surface area contributed by atoms with E-state index in [1.165, 1.54) is 6.92 Å². The topological polar surface area (TPSA) is 152 Å². The lowest BCUT2D eigenvalue weighted by Gasteiger charge is -2.28. The van der Waals surface area contributed by atoms with Crippen LogP contribution in [-0.4, -0.2) is 68.3 Å². The lowest BCUT2D eigenvalue weighted by Crippen LogP contribution is -2.47. The number of aliphatic carboxylic acids is 4. The molecule has 0 bridgehead atoms. The third-order valence-corrected chi connectivity index (χ3v) is 2.50. The average Bonchev–Trinajstić information content (AvgIpc) is 2.22. The molecule has 0 saturated heterocycles. The van der Waals surface area contributed by atoms with Crippen LogP contribution in [0.4, 0.5) is 0 Å². The Morgan fingerprint density at radius 3 is 1.75 bits per heavy atom. The van der Waals surface area contributed by atoms with Gasteiger partial charge in [-0.25, -0.2) is 0 Å². The van der Waals surface area contributed by atoms with Crippen molar-refractivity contribution in [3.8, 4) is 0 Å². The van der Waals surface area contributed by atoms with E-state index < -0.39 is 48.8 Å². The van der Waals surface area contributed by atoms with Crippen LogP contribution in [0.2, 0.25) is 0 Å².